The number of hydrogen-bond acceptors (Lipinski definition) is 4. The molecule has 1 aromatic heterocycles. The molecule has 2 heterocycles. The maximum Gasteiger partial charge on any atom is 0.226 e. The lowest BCUT2D eigenvalue weighted by Crippen LogP contribution is -2.40. The van der Waals surface area contributed by atoms with Crippen LogP contribution >= 0.6 is 11.6 Å². The van der Waals surface area contributed by atoms with Crippen molar-refractivity contribution in [3.05, 3.63) is 88.3 Å². The minimum atomic E-state index is -0.308. The largest absolute Gasteiger partial charge is 0.328 e. The van der Waals surface area contributed by atoms with Crippen molar-refractivity contribution in [1.82, 2.24) is 14.8 Å². The number of nitrogens with zero attached hydrogens (tertiary/aromatic N) is 3. The van der Waals surface area contributed by atoms with Crippen LogP contribution in [0.5, 0.6) is 0 Å². The van der Waals surface area contributed by atoms with Gasteiger partial charge in [-0.05, 0) is 30.2 Å². The number of halogens is 1. The van der Waals surface area contributed by atoms with E-state index in [1.165, 1.54) is 11.9 Å². The van der Waals surface area contributed by atoms with Crippen molar-refractivity contribution in [1.29, 1.82) is 0 Å². The highest BCUT2D eigenvalue weighted by Gasteiger charge is 2.43. The van der Waals surface area contributed by atoms with E-state index in [9.17, 15) is 4.79 Å². The van der Waals surface area contributed by atoms with Crippen molar-refractivity contribution in [2.24, 2.45) is 5.92 Å². The zero-order valence-electron chi connectivity index (χ0n) is 15.3. The molecule has 2 aromatic carbocycles. The minimum Gasteiger partial charge on any atom is -0.328 e. The molecule has 0 amide bonds. The quantitative estimate of drug-likeness (QED) is 0.699. The average Bonchev–Trinajstić information content (AvgIpc) is 3.16. The van der Waals surface area contributed by atoms with E-state index in [0.717, 1.165) is 16.8 Å². The highest BCUT2D eigenvalue weighted by Crippen LogP contribution is 2.44. The molecule has 28 heavy (non-hydrogen) atoms. The van der Waals surface area contributed by atoms with Crippen molar-refractivity contribution < 1.29 is 4.79 Å². The van der Waals surface area contributed by atoms with Crippen molar-refractivity contribution in [3.63, 3.8) is 0 Å². The maximum atomic E-state index is 13.3. The number of aryl methyl sites for hydroxylation is 1. The van der Waals surface area contributed by atoms with Crippen LogP contribution in [0.15, 0.2) is 66.6 Å². The van der Waals surface area contributed by atoms with Crippen LogP contribution in [0, 0.1) is 12.8 Å². The van der Waals surface area contributed by atoms with Crippen LogP contribution in [0.1, 0.15) is 35.1 Å². The van der Waals surface area contributed by atoms with Crippen LogP contribution in [-0.4, -0.2) is 20.5 Å². The predicted molar refractivity (Wildman–Crippen MR) is 108 cm³/mol. The van der Waals surface area contributed by atoms with Gasteiger partial charge in [-0.25, -0.2) is 4.68 Å². The van der Waals surface area contributed by atoms with Gasteiger partial charge in [0.05, 0.1) is 12.0 Å². The van der Waals surface area contributed by atoms with Crippen molar-refractivity contribution in [2.75, 3.05) is 5.32 Å². The Kier molecular flexibility index (Phi) is 4.05. The van der Waals surface area contributed by atoms with Gasteiger partial charge in [0.25, 0.3) is 0 Å². The Bertz CT molecular complexity index is 1070. The first kappa shape index (κ1) is 17.2. The molecule has 1 N–H and O–H groups in total. The Morgan fingerprint density at radius 2 is 1.79 bits per heavy atom. The first-order valence-corrected chi connectivity index (χ1v) is 9.71. The van der Waals surface area contributed by atoms with Gasteiger partial charge >= 0.3 is 0 Å². The molecule has 0 spiro atoms. The molecule has 140 valence electrons. The molecule has 0 unspecified atom stereocenters. The number of aromatic nitrogens is 3. The van der Waals surface area contributed by atoms with Gasteiger partial charge in [-0.1, -0.05) is 59.6 Å². The molecule has 0 fully saturated rings. The van der Waals surface area contributed by atoms with E-state index in [4.69, 9.17) is 11.6 Å². The third-order valence-electron chi connectivity index (χ3n) is 5.61. The summed E-state index contributed by atoms with van der Waals surface area (Å²) in [5.74, 6) is 0.612. The van der Waals surface area contributed by atoms with E-state index in [0.29, 0.717) is 17.4 Å². The summed E-state index contributed by atoms with van der Waals surface area (Å²) in [6.45, 7) is 2.07. The van der Waals surface area contributed by atoms with E-state index in [2.05, 4.69) is 52.7 Å². The molecule has 0 bridgehead atoms. The topological polar surface area (TPSA) is 59.8 Å². The summed E-state index contributed by atoms with van der Waals surface area (Å²) in [7, 11) is 0. The number of rotatable bonds is 2. The second-order valence-corrected chi connectivity index (χ2v) is 7.87. The van der Waals surface area contributed by atoms with Crippen LogP contribution in [0.4, 0.5) is 5.95 Å². The number of anilines is 1. The lowest BCUT2D eigenvalue weighted by molar-refractivity contribution is -0.123. The zero-order chi connectivity index (χ0) is 19.3. The molecule has 2 aliphatic rings. The standard InChI is InChI=1S/C22H19ClN4O/c1-13-2-4-14(5-3-13)16-10-18-20(19(28)11-16)21(15-6-8-17(23)9-7-15)27-22(26-18)24-12-25-27/h2-10,12,16,20-21H,11H2,1H3,(H,24,25,26)/t16-,20+,21+/m0/s1. The van der Waals surface area contributed by atoms with E-state index in [-0.39, 0.29) is 23.7 Å². The number of ketones is 1. The SMILES string of the molecule is Cc1ccc([C@H]2C=C3Nc4ncnn4[C@H](c4ccc(Cl)cc4)[C@H]3C(=O)C2)cc1. The molecule has 3 atom stereocenters. The maximum absolute atomic E-state index is 13.3. The van der Waals surface area contributed by atoms with Crippen LogP contribution in [0.2, 0.25) is 5.02 Å². The Balaban J connectivity index is 1.60. The number of nitrogens with one attached hydrogen (secondary N) is 1. The second-order valence-electron chi connectivity index (χ2n) is 7.44. The molecule has 0 saturated heterocycles. The molecular formula is C22H19ClN4O. The number of Topliss-reactive ketones (excluding diaryl/α,β-unsaturated/α-hetero) is 1. The van der Waals surface area contributed by atoms with Gasteiger partial charge < -0.3 is 5.32 Å². The Labute approximate surface area is 168 Å². The van der Waals surface area contributed by atoms with Crippen LogP contribution in [0.25, 0.3) is 0 Å². The first-order chi connectivity index (χ1) is 13.6. The number of benzene rings is 2. The van der Waals surface area contributed by atoms with Crippen molar-refractivity contribution in [2.45, 2.75) is 25.3 Å². The van der Waals surface area contributed by atoms with Gasteiger partial charge in [-0.2, -0.15) is 10.1 Å². The fraction of sp³-hybridized carbons (Fsp3) is 0.227. The highest BCUT2D eigenvalue weighted by atomic mass is 35.5. The second kappa shape index (κ2) is 6.60. The molecule has 5 rings (SSSR count). The first-order valence-electron chi connectivity index (χ1n) is 9.33. The smallest absolute Gasteiger partial charge is 0.226 e. The summed E-state index contributed by atoms with van der Waals surface area (Å²) in [5.41, 5.74) is 4.27. The molecular weight excluding hydrogens is 372 g/mol. The number of hydrogen-bond donors (Lipinski definition) is 1. The van der Waals surface area contributed by atoms with E-state index in [1.54, 1.807) is 4.68 Å². The third-order valence-corrected chi connectivity index (χ3v) is 5.86. The highest BCUT2D eigenvalue weighted by molar-refractivity contribution is 6.30. The fourth-order valence-electron chi connectivity index (χ4n) is 4.20. The summed E-state index contributed by atoms with van der Waals surface area (Å²) < 4.78 is 1.80. The van der Waals surface area contributed by atoms with Gasteiger partial charge in [-0.3, -0.25) is 4.79 Å². The summed E-state index contributed by atoms with van der Waals surface area (Å²) in [6.07, 6.45) is 4.18. The lowest BCUT2D eigenvalue weighted by Gasteiger charge is -2.38. The molecule has 0 saturated carbocycles. The van der Waals surface area contributed by atoms with Crippen molar-refractivity contribution in [3.8, 4) is 0 Å². The Morgan fingerprint density at radius 1 is 1.07 bits per heavy atom. The van der Waals surface area contributed by atoms with Gasteiger partial charge in [0.1, 0.15) is 12.1 Å². The van der Waals surface area contributed by atoms with Crippen LogP contribution < -0.4 is 5.32 Å². The Hall–Kier alpha value is -2.92. The molecule has 1 aliphatic heterocycles. The number of carbonyl (C=O) groups excluding carboxylic acids is 1. The number of fused-ring (bicyclic) bond motifs is 2. The van der Waals surface area contributed by atoms with Crippen LogP contribution in [-0.2, 0) is 4.79 Å². The monoisotopic (exact) mass is 390 g/mol. The molecule has 0 radical (unpaired) electrons. The van der Waals surface area contributed by atoms with Crippen molar-refractivity contribution >= 4 is 23.3 Å². The van der Waals surface area contributed by atoms with E-state index in [1.807, 2.05) is 24.3 Å². The molecule has 3 aromatic rings. The zero-order valence-corrected chi connectivity index (χ0v) is 16.1. The summed E-state index contributed by atoms with van der Waals surface area (Å²) in [4.78, 5) is 17.6. The van der Waals surface area contributed by atoms with E-state index >= 15 is 0 Å². The van der Waals surface area contributed by atoms with Gasteiger partial charge in [0.15, 0.2) is 0 Å². The molecule has 1 aliphatic carbocycles. The van der Waals surface area contributed by atoms with E-state index < -0.39 is 0 Å². The minimum absolute atomic E-state index is 0.0622. The van der Waals surface area contributed by atoms with Gasteiger partial charge in [0, 0.05) is 23.1 Å². The summed E-state index contributed by atoms with van der Waals surface area (Å²) >= 11 is 6.07. The average molecular weight is 391 g/mol. The Morgan fingerprint density at radius 3 is 2.54 bits per heavy atom. The number of allylic oxidation sites excluding steroid dienone is 2. The summed E-state index contributed by atoms with van der Waals surface area (Å²) in [6, 6.07) is 15.8. The predicted octanol–water partition coefficient (Wildman–Crippen LogP) is 4.51. The number of carbonyl (C=O) groups is 1. The summed E-state index contributed by atoms with van der Waals surface area (Å²) in [5, 5.41) is 8.38. The van der Waals surface area contributed by atoms with Gasteiger partial charge in [0.2, 0.25) is 5.95 Å². The normalized spacial score (nSPS) is 23.4. The third kappa shape index (κ3) is 2.83. The van der Waals surface area contributed by atoms with Gasteiger partial charge in [-0.15, -0.1) is 0 Å². The lowest BCUT2D eigenvalue weighted by atomic mass is 9.75. The fourth-order valence-corrected chi connectivity index (χ4v) is 4.32. The molecule has 6 heteroatoms. The van der Waals surface area contributed by atoms with Crippen LogP contribution in [0.3, 0.4) is 0 Å². The molecule has 5 nitrogen and oxygen atoms in total.